The van der Waals surface area contributed by atoms with E-state index in [9.17, 15) is 20.4 Å². The summed E-state index contributed by atoms with van der Waals surface area (Å²) in [7, 11) is 0. The van der Waals surface area contributed by atoms with Crippen molar-refractivity contribution in [2.24, 2.45) is 23.2 Å². The first-order valence-corrected chi connectivity index (χ1v) is 13.6. The molecule has 0 saturated heterocycles. The van der Waals surface area contributed by atoms with E-state index in [0.29, 0.717) is 36.5 Å². The summed E-state index contributed by atoms with van der Waals surface area (Å²) < 4.78 is 0. The minimum atomic E-state index is -1.38. The third kappa shape index (κ3) is 6.12. The SMILES string of the molecule is CCC1(O)[C@H](O)CC(=C/C=C2\CCC[C@]3(C)[C@@H](C[C@@H](C)CCCC(C)(C)O)CC[C@@H]23)C[C@H]1O. The summed E-state index contributed by atoms with van der Waals surface area (Å²) in [5, 5.41) is 41.4. The molecule has 0 aliphatic heterocycles. The number of aliphatic hydroxyl groups excluding tert-OH is 2. The van der Waals surface area contributed by atoms with Crippen LogP contribution in [0.5, 0.6) is 0 Å². The number of aliphatic hydroxyl groups is 4. The Kier molecular flexibility index (Phi) is 8.58. The third-order valence-electron chi connectivity index (χ3n) is 9.50. The number of hydrogen-bond donors (Lipinski definition) is 4. The molecular formula is C29H50O4. The van der Waals surface area contributed by atoms with Gasteiger partial charge in [0.1, 0.15) is 5.60 Å². The Hall–Kier alpha value is -0.680. The lowest BCUT2D eigenvalue weighted by molar-refractivity contribution is -0.158. The zero-order chi connectivity index (χ0) is 24.4. The van der Waals surface area contributed by atoms with E-state index >= 15 is 0 Å². The normalized spacial score (nSPS) is 39.5. The monoisotopic (exact) mass is 462 g/mol. The van der Waals surface area contributed by atoms with Gasteiger partial charge in [-0.05, 0) is 101 Å². The first-order chi connectivity index (χ1) is 15.4. The van der Waals surface area contributed by atoms with Crippen molar-refractivity contribution in [3.8, 4) is 0 Å². The van der Waals surface area contributed by atoms with Crippen molar-refractivity contribution in [3.05, 3.63) is 23.3 Å². The van der Waals surface area contributed by atoms with Crippen LogP contribution in [0.15, 0.2) is 23.3 Å². The maximum Gasteiger partial charge on any atom is 0.117 e. The van der Waals surface area contributed by atoms with Crippen LogP contribution in [0.2, 0.25) is 0 Å². The Balaban J connectivity index is 1.63. The molecule has 3 fully saturated rings. The Morgan fingerprint density at radius 3 is 2.39 bits per heavy atom. The number of hydrogen-bond acceptors (Lipinski definition) is 4. The van der Waals surface area contributed by atoms with Gasteiger partial charge < -0.3 is 20.4 Å². The van der Waals surface area contributed by atoms with Gasteiger partial charge in [-0.1, -0.05) is 56.9 Å². The second-order valence-electron chi connectivity index (χ2n) is 12.6. The molecule has 3 aliphatic rings. The largest absolute Gasteiger partial charge is 0.390 e. The predicted molar refractivity (Wildman–Crippen MR) is 135 cm³/mol. The highest BCUT2D eigenvalue weighted by molar-refractivity contribution is 5.27. The zero-order valence-corrected chi connectivity index (χ0v) is 21.8. The zero-order valence-electron chi connectivity index (χ0n) is 21.8. The maximum atomic E-state index is 10.5. The molecule has 190 valence electrons. The maximum absolute atomic E-state index is 10.5. The molecule has 4 N–H and O–H groups in total. The van der Waals surface area contributed by atoms with Crippen molar-refractivity contribution in [1.82, 2.24) is 0 Å². The molecule has 4 nitrogen and oxygen atoms in total. The molecule has 0 bridgehead atoms. The first kappa shape index (κ1) is 26.9. The van der Waals surface area contributed by atoms with Crippen molar-refractivity contribution in [3.63, 3.8) is 0 Å². The molecule has 0 spiro atoms. The topological polar surface area (TPSA) is 80.9 Å². The van der Waals surface area contributed by atoms with Gasteiger partial charge in [0, 0.05) is 0 Å². The molecule has 0 radical (unpaired) electrons. The van der Waals surface area contributed by atoms with Gasteiger partial charge in [-0.2, -0.15) is 0 Å². The molecule has 33 heavy (non-hydrogen) atoms. The fourth-order valence-electron chi connectivity index (χ4n) is 7.21. The fraction of sp³-hybridized carbons (Fsp3) is 0.862. The van der Waals surface area contributed by atoms with Gasteiger partial charge in [0.25, 0.3) is 0 Å². The average Bonchev–Trinajstić information content (AvgIpc) is 3.05. The van der Waals surface area contributed by atoms with Gasteiger partial charge in [-0.3, -0.25) is 0 Å². The van der Waals surface area contributed by atoms with E-state index in [2.05, 4.69) is 26.0 Å². The van der Waals surface area contributed by atoms with Crippen molar-refractivity contribution in [1.29, 1.82) is 0 Å². The van der Waals surface area contributed by atoms with Crippen LogP contribution in [0.25, 0.3) is 0 Å². The van der Waals surface area contributed by atoms with Gasteiger partial charge in [0.15, 0.2) is 0 Å². The molecule has 0 unspecified atom stereocenters. The van der Waals surface area contributed by atoms with Gasteiger partial charge >= 0.3 is 0 Å². The van der Waals surface area contributed by atoms with Crippen LogP contribution < -0.4 is 0 Å². The van der Waals surface area contributed by atoms with Gasteiger partial charge in [-0.15, -0.1) is 0 Å². The van der Waals surface area contributed by atoms with E-state index in [0.717, 1.165) is 30.8 Å². The highest BCUT2D eigenvalue weighted by Gasteiger charge is 2.49. The quantitative estimate of drug-likeness (QED) is 0.374. The summed E-state index contributed by atoms with van der Waals surface area (Å²) in [5.41, 5.74) is 1.04. The average molecular weight is 463 g/mol. The molecule has 0 heterocycles. The predicted octanol–water partition coefficient (Wildman–Crippen LogP) is 5.68. The van der Waals surface area contributed by atoms with E-state index in [1.165, 1.54) is 38.5 Å². The molecule has 3 saturated carbocycles. The number of fused-ring (bicyclic) bond motifs is 1. The van der Waals surface area contributed by atoms with E-state index in [-0.39, 0.29) is 0 Å². The summed E-state index contributed by atoms with van der Waals surface area (Å²) in [4.78, 5) is 0. The first-order valence-electron chi connectivity index (χ1n) is 13.6. The Bertz CT molecular complexity index is 704. The van der Waals surface area contributed by atoms with Crippen LogP contribution in [0.3, 0.4) is 0 Å². The highest BCUT2D eigenvalue weighted by atomic mass is 16.4. The van der Waals surface area contributed by atoms with Crippen LogP contribution in [-0.4, -0.2) is 43.8 Å². The van der Waals surface area contributed by atoms with Gasteiger partial charge in [0.05, 0.1) is 17.8 Å². The fourth-order valence-corrected chi connectivity index (χ4v) is 7.21. The Morgan fingerprint density at radius 1 is 1.12 bits per heavy atom. The van der Waals surface area contributed by atoms with E-state index in [4.69, 9.17) is 0 Å². The summed E-state index contributed by atoms with van der Waals surface area (Å²) in [6.45, 7) is 10.5. The van der Waals surface area contributed by atoms with Crippen molar-refractivity contribution in [2.45, 2.75) is 135 Å². The molecular weight excluding hydrogens is 412 g/mol. The summed E-state index contributed by atoms with van der Waals surface area (Å²) in [6, 6.07) is 0. The molecule has 0 aromatic heterocycles. The number of allylic oxidation sites excluding steroid dienone is 3. The smallest absolute Gasteiger partial charge is 0.117 e. The Morgan fingerprint density at radius 2 is 1.79 bits per heavy atom. The lowest BCUT2D eigenvalue weighted by atomic mass is 9.62. The lowest BCUT2D eigenvalue weighted by Crippen LogP contribution is -2.54. The molecule has 4 heteroatoms. The standard InChI is InChI=1S/C29H50O4/c1-6-29(33)25(30)18-21(19-26(29)31)11-12-22-10-8-16-28(5)23(13-14-24(22)28)17-20(2)9-7-15-27(3,4)32/h11-12,20,23-26,30-33H,6-10,13-19H2,1-5H3/b21-11?,22-12+/t20-,23+,24-,25+,26+,28+,29?/m0/s1. The van der Waals surface area contributed by atoms with Crippen molar-refractivity contribution < 1.29 is 20.4 Å². The molecule has 3 rings (SSSR count). The van der Waals surface area contributed by atoms with E-state index in [1.54, 1.807) is 5.57 Å². The second-order valence-corrected chi connectivity index (χ2v) is 12.6. The second kappa shape index (κ2) is 10.5. The van der Waals surface area contributed by atoms with Crippen LogP contribution in [0.4, 0.5) is 0 Å². The molecule has 0 amide bonds. The van der Waals surface area contributed by atoms with Crippen LogP contribution >= 0.6 is 0 Å². The van der Waals surface area contributed by atoms with E-state index < -0.39 is 23.4 Å². The molecule has 0 aromatic rings. The third-order valence-corrected chi connectivity index (χ3v) is 9.50. The van der Waals surface area contributed by atoms with Gasteiger partial charge in [-0.25, -0.2) is 0 Å². The molecule has 0 aromatic carbocycles. The van der Waals surface area contributed by atoms with E-state index in [1.807, 2.05) is 20.8 Å². The van der Waals surface area contributed by atoms with Crippen LogP contribution in [-0.2, 0) is 0 Å². The minimum absolute atomic E-state index is 0.363. The summed E-state index contributed by atoms with van der Waals surface area (Å²) >= 11 is 0. The van der Waals surface area contributed by atoms with Crippen LogP contribution in [0, 0.1) is 23.2 Å². The Labute approximate surface area is 202 Å². The minimum Gasteiger partial charge on any atom is -0.390 e. The van der Waals surface area contributed by atoms with Crippen LogP contribution in [0.1, 0.15) is 112 Å². The lowest BCUT2D eigenvalue weighted by Gasteiger charge is -2.43. The molecule has 6 atom stereocenters. The van der Waals surface area contributed by atoms with Gasteiger partial charge in [0.2, 0.25) is 0 Å². The number of rotatable bonds is 8. The highest BCUT2D eigenvalue weighted by Crippen LogP contribution is 2.59. The van der Waals surface area contributed by atoms with Crippen molar-refractivity contribution >= 4 is 0 Å². The summed E-state index contributed by atoms with van der Waals surface area (Å²) in [5.74, 6) is 2.11. The van der Waals surface area contributed by atoms with Crippen molar-refractivity contribution in [2.75, 3.05) is 0 Å². The summed E-state index contributed by atoms with van der Waals surface area (Å²) in [6.07, 6.45) is 14.6. The molecule has 3 aliphatic carbocycles.